The van der Waals surface area contributed by atoms with Gasteiger partial charge in [-0.1, -0.05) is 42.1 Å². The quantitative estimate of drug-likeness (QED) is 0.489. The topological polar surface area (TPSA) is 38.7 Å². The minimum atomic E-state index is 0.814. The summed E-state index contributed by atoms with van der Waals surface area (Å²) in [4.78, 5) is 13.7. The van der Waals surface area contributed by atoms with E-state index in [1.54, 1.807) is 29.3 Å². The monoisotopic (exact) mass is 335 g/mol. The van der Waals surface area contributed by atoms with Crippen LogP contribution in [0.3, 0.4) is 0 Å². The van der Waals surface area contributed by atoms with E-state index in [4.69, 9.17) is 0 Å². The van der Waals surface area contributed by atoms with Crippen LogP contribution in [0.25, 0.3) is 21.6 Å². The summed E-state index contributed by atoms with van der Waals surface area (Å²) in [6.07, 6.45) is 1.80. The maximum atomic E-state index is 4.68. The first kappa shape index (κ1) is 14.4. The fourth-order valence-corrected chi connectivity index (χ4v) is 3.93. The van der Waals surface area contributed by atoms with Crippen LogP contribution in [0.1, 0.15) is 5.69 Å². The molecule has 0 saturated heterocycles. The largest absolute Gasteiger partial charge is 0.254 e. The first-order chi connectivity index (χ1) is 11.4. The lowest BCUT2D eigenvalue weighted by molar-refractivity contribution is 1.17. The van der Waals surface area contributed by atoms with Gasteiger partial charge in [0.05, 0.1) is 21.9 Å². The fraction of sp³-hybridized carbons (Fsp3) is 0.0556. The van der Waals surface area contributed by atoms with E-state index < -0.39 is 0 Å². The van der Waals surface area contributed by atoms with Gasteiger partial charge in [-0.25, -0.2) is 9.97 Å². The van der Waals surface area contributed by atoms with Crippen LogP contribution in [0, 0.1) is 0 Å². The van der Waals surface area contributed by atoms with Gasteiger partial charge in [0.2, 0.25) is 0 Å². The molecule has 0 bridgehead atoms. The van der Waals surface area contributed by atoms with Crippen LogP contribution in [0.4, 0.5) is 0 Å². The molecule has 0 aliphatic rings. The molecule has 5 heteroatoms. The number of para-hydroxylation sites is 1. The van der Waals surface area contributed by atoms with Crippen LogP contribution in [0.5, 0.6) is 0 Å². The van der Waals surface area contributed by atoms with E-state index in [-0.39, 0.29) is 0 Å². The smallest absolute Gasteiger partial charge is 0.142 e. The maximum Gasteiger partial charge on any atom is 0.142 e. The number of fused-ring (bicyclic) bond motifs is 1. The van der Waals surface area contributed by atoms with Crippen molar-refractivity contribution in [1.82, 2.24) is 15.0 Å². The van der Waals surface area contributed by atoms with E-state index in [2.05, 4.69) is 38.5 Å². The molecule has 0 unspecified atom stereocenters. The Bertz CT molecular complexity index is 935. The van der Waals surface area contributed by atoms with Crippen molar-refractivity contribution in [3.05, 3.63) is 71.9 Å². The van der Waals surface area contributed by atoms with Crippen LogP contribution in [0.15, 0.2) is 71.2 Å². The number of benzene rings is 1. The third-order valence-electron chi connectivity index (χ3n) is 3.38. The summed E-state index contributed by atoms with van der Waals surface area (Å²) in [5, 5.41) is 5.25. The summed E-state index contributed by atoms with van der Waals surface area (Å²) in [5.41, 5.74) is 3.03. The first-order valence-corrected chi connectivity index (χ1v) is 9.09. The summed E-state index contributed by atoms with van der Waals surface area (Å²) in [7, 11) is 0. The van der Waals surface area contributed by atoms with Gasteiger partial charge in [-0.3, -0.25) is 4.98 Å². The standard InChI is InChI=1S/C18H13N3S2/c1-2-6-15-13(5-1)8-9-17(21-15)22-11-14-12-23-18(20-14)16-7-3-4-10-19-16/h1-10,12H,11H2. The fourth-order valence-electron chi connectivity index (χ4n) is 2.26. The Labute approximate surface area is 142 Å². The Morgan fingerprint density at radius 3 is 2.74 bits per heavy atom. The summed E-state index contributed by atoms with van der Waals surface area (Å²) >= 11 is 3.34. The molecule has 0 radical (unpaired) electrons. The van der Waals surface area contributed by atoms with E-state index in [9.17, 15) is 0 Å². The second-order valence-corrected chi connectivity index (χ2v) is 6.84. The molecule has 4 rings (SSSR count). The van der Waals surface area contributed by atoms with Crippen LogP contribution in [-0.2, 0) is 5.75 Å². The van der Waals surface area contributed by atoms with Gasteiger partial charge in [0.15, 0.2) is 0 Å². The minimum absolute atomic E-state index is 0.814. The Balaban J connectivity index is 1.49. The highest BCUT2D eigenvalue weighted by atomic mass is 32.2. The molecule has 0 N–H and O–H groups in total. The normalized spacial score (nSPS) is 11.0. The molecular formula is C18H13N3S2. The van der Waals surface area contributed by atoms with Gasteiger partial charge in [0, 0.05) is 22.7 Å². The average molecular weight is 335 g/mol. The SMILES string of the molecule is c1ccc(-c2nc(CSc3ccc4ccccc4n3)cs2)nc1. The number of pyridine rings is 2. The highest BCUT2D eigenvalue weighted by Gasteiger charge is 2.06. The average Bonchev–Trinajstić information content (AvgIpc) is 3.10. The van der Waals surface area contributed by atoms with E-state index >= 15 is 0 Å². The first-order valence-electron chi connectivity index (χ1n) is 7.23. The lowest BCUT2D eigenvalue weighted by Crippen LogP contribution is -1.86. The molecule has 4 aromatic rings. The van der Waals surface area contributed by atoms with E-state index in [1.807, 2.05) is 36.4 Å². The van der Waals surface area contributed by atoms with Gasteiger partial charge in [0.25, 0.3) is 0 Å². The van der Waals surface area contributed by atoms with E-state index in [0.717, 1.165) is 32.7 Å². The van der Waals surface area contributed by atoms with Crippen molar-refractivity contribution in [2.45, 2.75) is 10.8 Å². The predicted molar refractivity (Wildman–Crippen MR) is 96.6 cm³/mol. The third-order valence-corrected chi connectivity index (χ3v) is 5.25. The lowest BCUT2D eigenvalue weighted by Gasteiger charge is -2.01. The van der Waals surface area contributed by atoms with Crippen molar-refractivity contribution < 1.29 is 0 Å². The second kappa shape index (κ2) is 6.48. The summed E-state index contributed by atoms with van der Waals surface area (Å²) in [5.74, 6) is 0.814. The molecule has 0 aliphatic carbocycles. The third kappa shape index (κ3) is 3.25. The number of nitrogens with zero attached hydrogens (tertiary/aromatic N) is 3. The Kier molecular flexibility index (Phi) is 4.05. The van der Waals surface area contributed by atoms with Crippen molar-refractivity contribution in [2.24, 2.45) is 0 Å². The Morgan fingerprint density at radius 1 is 0.913 bits per heavy atom. The number of thioether (sulfide) groups is 1. The molecule has 0 fully saturated rings. The molecule has 0 amide bonds. The van der Waals surface area contributed by atoms with Crippen LogP contribution < -0.4 is 0 Å². The number of hydrogen-bond acceptors (Lipinski definition) is 5. The highest BCUT2D eigenvalue weighted by Crippen LogP contribution is 2.27. The van der Waals surface area contributed by atoms with Crippen molar-refractivity contribution in [1.29, 1.82) is 0 Å². The van der Waals surface area contributed by atoms with Gasteiger partial charge in [-0.15, -0.1) is 11.3 Å². The van der Waals surface area contributed by atoms with Crippen LogP contribution >= 0.6 is 23.1 Å². The molecule has 0 aliphatic heterocycles. The van der Waals surface area contributed by atoms with Gasteiger partial charge in [-0.2, -0.15) is 0 Å². The van der Waals surface area contributed by atoms with E-state index in [1.165, 1.54) is 5.39 Å². The number of rotatable bonds is 4. The predicted octanol–water partition coefficient (Wildman–Crippen LogP) is 5.05. The molecule has 0 atom stereocenters. The number of hydrogen-bond donors (Lipinski definition) is 0. The summed E-state index contributed by atoms with van der Waals surface area (Å²) < 4.78 is 0. The molecule has 112 valence electrons. The van der Waals surface area contributed by atoms with Crippen molar-refractivity contribution in [2.75, 3.05) is 0 Å². The molecule has 0 spiro atoms. The summed E-state index contributed by atoms with van der Waals surface area (Å²) in [6, 6.07) is 18.2. The molecule has 23 heavy (non-hydrogen) atoms. The maximum absolute atomic E-state index is 4.68. The number of aromatic nitrogens is 3. The zero-order valence-electron chi connectivity index (χ0n) is 12.2. The van der Waals surface area contributed by atoms with Gasteiger partial charge >= 0.3 is 0 Å². The minimum Gasteiger partial charge on any atom is -0.254 e. The van der Waals surface area contributed by atoms with Gasteiger partial charge < -0.3 is 0 Å². The zero-order chi connectivity index (χ0) is 15.5. The van der Waals surface area contributed by atoms with Crippen LogP contribution in [0.2, 0.25) is 0 Å². The Morgan fingerprint density at radius 2 is 1.83 bits per heavy atom. The van der Waals surface area contributed by atoms with Crippen molar-refractivity contribution in [3.63, 3.8) is 0 Å². The van der Waals surface area contributed by atoms with Crippen molar-refractivity contribution in [3.8, 4) is 10.7 Å². The summed E-state index contributed by atoms with van der Waals surface area (Å²) in [6.45, 7) is 0. The molecule has 0 saturated carbocycles. The number of thiazole rings is 1. The molecule has 3 heterocycles. The lowest BCUT2D eigenvalue weighted by atomic mass is 10.2. The van der Waals surface area contributed by atoms with Gasteiger partial charge in [0.1, 0.15) is 5.01 Å². The molecule has 3 nitrogen and oxygen atoms in total. The van der Waals surface area contributed by atoms with Gasteiger partial charge in [-0.05, 0) is 24.3 Å². The zero-order valence-corrected chi connectivity index (χ0v) is 13.8. The van der Waals surface area contributed by atoms with Crippen LogP contribution in [-0.4, -0.2) is 15.0 Å². The molecular weight excluding hydrogens is 322 g/mol. The molecule has 1 aromatic carbocycles. The highest BCUT2D eigenvalue weighted by molar-refractivity contribution is 7.98. The second-order valence-electron chi connectivity index (χ2n) is 4.99. The Hall–Kier alpha value is -2.24. The van der Waals surface area contributed by atoms with Crippen molar-refractivity contribution >= 4 is 34.0 Å². The van der Waals surface area contributed by atoms with E-state index in [0.29, 0.717) is 0 Å². The molecule has 3 aromatic heterocycles.